The number of ether oxygens (including phenoxy) is 1. The monoisotopic (exact) mass is 204 g/mol. The molecule has 0 saturated heterocycles. The molecule has 0 aliphatic rings. The first-order chi connectivity index (χ1) is 7.29. The van der Waals surface area contributed by atoms with E-state index in [1.807, 2.05) is 24.3 Å². The van der Waals surface area contributed by atoms with Crippen LogP contribution >= 0.6 is 0 Å². The lowest BCUT2D eigenvalue weighted by Crippen LogP contribution is -1.88. The minimum absolute atomic E-state index is 0.450. The van der Waals surface area contributed by atoms with Crippen LogP contribution in [-0.2, 0) is 11.3 Å². The van der Waals surface area contributed by atoms with Crippen molar-refractivity contribution >= 4 is 5.69 Å². The average Bonchev–Trinajstić information content (AvgIpc) is 2.67. The number of nitrogens with zero attached hydrogens (tertiary/aromatic N) is 1. The molecule has 0 radical (unpaired) electrons. The minimum Gasteiger partial charge on any atom is -0.444 e. The van der Waals surface area contributed by atoms with Crippen molar-refractivity contribution in [1.82, 2.24) is 4.98 Å². The third-order valence-electron chi connectivity index (χ3n) is 1.98. The highest BCUT2D eigenvalue weighted by atomic mass is 16.5. The number of oxazole rings is 1. The number of hydrogen-bond acceptors (Lipinski definition) is 4. The Labute approximate surface area is 87.7 Å². The van der Waals surface area contributed by atoms with Gasteiger partial charge in [0, 0.05) is 18.4 Å². The Hall–Kier alpha value is -1.81. The molecule has 0 unspecified atom stereocenters. The molecule has 2 N–H and O–H groups in total. The van der Waals surface area contributed by atoms with Crippen molar-refractivity contribution in [2.24, 2.45) is 0 Å². The van der Waals surface area contributed by atoms with Gasteiger partial charge in [0.1, 0.15) is 12.0 Å². The van der Waals surface area contributed by atoms with Crippen LogP contribution in [0.5, 0.6) is 0 Å². The predicted molar refractivity (Wildman–Crippen MR) is 57.1 cm³/mol. The lowest BCUT2D eigenvalue weighted by molar-refractivity contribution is 0.181. The fraction of sp³-hybridized carbons (Fsp3) is 0.182. The largest absolute Gasteiger partial charge is 0.444 e. The van der Waals surface area contributed by atoms with Crippen LogP contribution < -0.4 is 5.73 Å². The van der Waals surface area contributed by atoms with Crippen LogP contribution in [0.2, 0.25) is 0 Å². The molecule has 4 heteroatoms. The molecule has 2 aromatic rings. The van der Waals surface area contributed by atoms with Gasteiger partial charge in [0.05, 0.1) is 6.61 Å². The van der Waals surface area contributed by atoms with Gasteiger partial charge in [-0.15, -0.1) is 0 Å². The molecule has 0 spiro atoms. The summed E-state index contributed by atoms with van der Waals surface area (Å²) in [5.74, 6) is 0.564. The van der Waals surface area contributed by atoms with Crippen molar-refractivity contribution in [2.75, 3.05) is 12.8 Å². The summed E-state index contributed by atoms with van der Waals surface area (Å²) in [6, 6.07) is 7.41. The zero-order valence-electron chi connectivity index (χ0n) is 8.43. The molecule has 0 saturated carbocycles. The molecule has 4 nitrogen and oxygen atoms in total. The Balaban J connectivity index is 2.29. The molecule has 15 heavy (non-hydrogen) atoms. The van der Waals surface area contributed by atoms with E-state index in [9.17, 15) is 0 Å². The third-order valence-corrected chi connectivity index (χ3v) is 1.98. The van der Waals surface area contributed by atoms with E-state index in [-0.39, 0.29) is 0 Å². The topological polar surface area (TPSA) is 61.3 Å². The van der Waals surface area contributed by atoms with Crippen molar-refractivity contribution in [3.05, 3.63) is 36.2 Å². The number of nitrogens with two attached hydrogens (primary N) is 1. The van der Waals surface area contributed by atoms with Crippen molar-refractivity contribution in [3.8, 4) is 11.5 Å². The zero-order chi connectivity index (χ0) is 10.7. The summed E-state index contributed by atoms with van der Waals surface area (Å²) in [6.07, 6.45) is 1.59. The number of aromatic nitrogens is 1. The Morgan fingerprint density at radius 2 is 2.33 bits per heavy atom. The Morgan fingerprint density at radius 3 is 3.07 bits per heavy atom. The van der Waals surface area contributed by atoms with Crippen LogP contribution in [0.4, 0.5) is 5.69 Å². The normalized spacial score (nSPS) is 10.5. The molecule has 2 rings (SSSR count). The first-order valence-electron chi connectivity index (χ1n) is 4.59. The summed E-state index contributed by atoms with van der Waals surface area (Å²) in [5, 5.41) is 0. The van der Waals surface area contributed by atoms with Gasteiger partial charge in [-0.3, -0.25) is 0 Å². The summed E-state index contributed by atoms with van der Waals surface area (Å²) in [6.45, 7) is 0.450. The number of nitrogen functional groups attached to an aromatic ring is 1. The van der Waals surface area contributed by atoms with E-state index in [2.05, 4.69) is 4.98 Å². The SMILES string of the molecule is COCc1coc(-c2cccc(N)c2)n1. The fourth-order valence-electron chi connectivity index (χ4n) is 1.33. The summed E-state index contributed by atoms with van der Waals surface area (Å²) in [4.78, 5) is 4.26. The summed E-state index contributed by atoms with van der Waals surface area (Å²) in [5.41, 5.74) is 8.01. The van der Waals surface area contributed by atoms with Crippen LogP contribution in [0, 0.1) is 0 Å². The molecule has 1 aromatic heterocycles. The Bertz CT molecular complexity index is 451. The second kappa shape index (κ2) is 4.14. The molecule has 0 atom stereocenters. The molecule has 1 heterocycles. The lowest BCUT2D eigenvalue weighted by atomic mass is 10.2. The molecular weight excluding hydrogens is 192 g/mol. The lowest BCUT2D eigenvalue weighted by Gasteiger charge is -1.96. The molecule has 0 fully saturated rings. The van der Waals surface area contributed by atoms with E-state index in [1.54, 1.807) is 13.4 Å². The number of anilines is 1. The predicted octanol–water partition coefficient (Wildman–Crippen LogP) is 2.07. The molecule has 1 aromatic carbocycles. The average molecular weight is 204 g/mol. The Kier molecular flexibility index (Phi) is 2.69. The smallest absolute Gasteiger partial charge is 0.226 e. The second-order valence-corrected chi connectivity index (χ2v) is 3.20. The van der Waals surface area contributed by atoms with Gasteiger partial charge in [0.25, 0.3) is 0 Å². The quantitative estimate of drug-likeness (QED) is 0.777. The van der Waals surface area contributed by atoms with Gasteiger partial charge in [0.2, 0.25) is 5.89 Å². The first-order valence-corrected chi connectivity index (χ1v) is 4.59. The van der Waals surface area contributed by atoms with Crippen LogP contribution in [0.25, 0.3) is 11.5 Å². The molecule has 0 bridgehead atoms. The molecular formula is C11H12N2O2. The first kappa shape index (κ1) is 9.73. The summed E-state index contributed by atoms with van der Waals surface area (Å²) < 4.78 is 10.3. The standard InChI is InChI=1S/C11H12N2O2/c1-14-6-10-7-15-11(13-10)8-3-2-4-9(12)5-8/h2-5,7H,6,12H2,1H3. The number of benzene rings is 1. The van der Waals surface area contributed by atoms with Gasteiger partial charge >= 0.3 is 0 Å². The molecule has 0 aliphatic carbocycles. The highest BCUT2D eigenvalue weighted by Crippen LogP contribution is 2.20. The van der Waals surface area contributed by atoms with Crippen molar-refractivity contribution in [1.29, 1.82) is 0 Å². The van der Waals surface area contributed by atoms with Gasteiger partial charge in [-0.05, 0) is 18.2 Å². The number of hydrogen-bond donors (Lipinski definition) is 1. The van der Waals surface area contributed by atoms with Crippen molar-refractivity contribution < 1.29 is 9.15 Å². The van der Waals surface area contributed by atoms with E-state index in [0.717, 1.165) is 11.3 Å². The van der Waals surface area contributed by atoms with Gasteiger partial charge in [-0.2, -0.15) is 0 Å². The highest BCUT2D eigenvalue weighted by molar-refractivity contribution is 5.59. The van der Waals surface area contributed by atoms with Crippen LogP contribution in [0.15, 0.2) is 34.9 Å². The van der Waals surface area contributed by atoms with Crippen LogP contribution in [-0.4, -0.2) is 12.1 Å². The summed E-state index contributed by atoms with van der Waals surface area (Å²) in [7, 11) is 1.62. The van der Waals surface area contributed by atoms with Crippen LogP contribution in [0.3, 0.4) is 0 Å². The maximum Gasteiger partial charge on any atom is 0.226 e. The maximum absolute atomic E-state index is 5.67. The fourth-order valence-corrected chi connectivity index (χ4v) is 1.33. The van der Waals surface area contributed by atoms with E-state index < -0.39 is 0 Å². The maximum atomic E-state index is 5.67. The van der Waals surface area contributed by atoms with Gasteiger partial charge in [0.15, 0.2) is 0 Å². The van der Waals surface area contributed by atoms with Crippen molar-refractivity contribution in [2.45, 2.75) is 6.61 Å². The minimum atomic E-state index is 0.450. The third kappa shape index (κ3) is 2.16. The second-order valence-electron chi connectivity index (χ2n) is 3.20. The molecule has 78 valence electrons. The number of rotatable bonds is 3. The van der Waals surface area contributed by atoms with Crippen molar-refractivity contribution in [3.63, 3.8) is 0 Å². The van der Waals surface area contributed by atoms with E-state index in [0.29, 0.717) is 18.2 Å². The Morgan fingerprint density at radius 1 is 1.47 bits per heavy atom. The van der Waals surface area contributed by atoms with Gasteiger partial charge in [-0.25, -0.2) is 4.98 Å². The highest BCUT2D eigenvalue weighted by Gasteiger charge is 2.06. The summed E-state index contributed by atoms with van der Waals surface area (Å²) >= 11 is 0. The van der Waals surface area contributed by atoms with Gasteiger partial charge in [-0.1, -0.05) is 6.07 Å². The number of methoxy groups -OCH3 is 1. The molecule has 0 aliphatic heterocycles. The molecule has 0 amide bonds. The van der Waals surface area contributed by atoms with E-state index in [4.69, 9.17) is 14.9 Å². The van der Waals surface area contributed by atoms with E-state index >= 15 is 0 Å². The van der Waals surface area contributed by atoms with Crippen LogP contribution in [0.1, 0.15) is 5.69 Å². The van der Waals surface area contributed by atoms with Gasteiger partial charge < -0.3 is 14.9 Å². The zero-order valence-corrected chi connectivity index (χ0v) is 8.43. The van der Waals surface area contributed by atoms with E-state index in [1.165, 1.54) is 0 Å².